The fraction of sp³-hybridized carbons (Fsp3) is 0.578. The number of allylic oxidation sites excluding steroid dienone is 4. The van der Waals surface area contributed by atoms with Crippen LogP contribution in [0.4, 0.5) is 0 Å². The van der Waals surface area contributed by atoms with Crippen molar-refractivity contribution in [2.75, 3.05) is 20.2 Å². The maximum absolute atomic E-state index is 14.8. The number of fused-ring (bicyclic) bond motifs is 3. The van der Waals surface area contributed by atoms with Gasteiger partial charge in [-0.05, 0) is 38.7 Å². The molecule has 1 saturated carbocycles. The molecule has 5 N–H and O–H groups in total. The summed E-state index contributed by atoms with van der Waals surface area (Å²) in [6.07, 6.45) is 5.81. The summed E-state index contributed by atoms with van der Waals surface area (Å²) in [7, 11) is 1.47. The van der Waals surface area contributed by atoms with Gasteiger partial charge < -0.3 is 44.9 Å². The Kier molecular flexibility index (Phi) is 10.4. The SMILES string of the molecule is CO[C@H]1/C=C/O[C@@]2(C)Oc3c(C)c(O)c4c(c3C2=O)C2=N[C@@]3(NC2=C(NC(=O)/C(C)=C\C=C\[C@H](C)[C@H](O)[C@@H](C)[C@@H](O)[C@@H](C)[C@H](OC(C)=O)[C@@H]1C)C4=O)C1CC2CC3N(C2)C1. The van der Waals surface area contributed by atoms with Gasteiger partial charge in [-0.1, -0.05) is 45.9 Å². The Balaban J connectivity index is 1.26. The number of piperidine rings is 1. The molecule has 2 aliphatic carbocycles. The van der Waals surface area contributed by atoms with Crippen LogP contribution < -0.4 is 15.4 Å². The standard InChI is InChI=1S/C45H56N4O11/c1-19-11-10-12-20(2)43(56)46-35-34-33(47-45(48-34)27-15-26-16-29(45)49(17-26)18-27)30-31(39(35)54)38(53)24(6)41-32(30)42(55)44(8,60-41)58-14-13-28(57-9)21(3)40(59-25(7)50)23(5)37(52)22(4)36(19)51/h10-14,19,21-23,26-29,36-37,40,48,51-53H,15-18H2,1-9H3,(H,46,56)/b11-10+,14-13+,20-12-/t19-,21+,22+,23+,26?,27?,28-,29?,36-,37+,40+,44-,45+/m0/s1. The first-order chi connectivity index (χ1) is 28.3. The normalized spacial score (nSPS) is 41.5. The molecule has 1 aromatic rings. The highest BCUT2D eigenvalue weighted by molar-refractivity contribution is 6.34. The first kappa shape index (κ1) is 41.9. The maximum atomic E-state index is 14.8. The first-order valence-corrected chi connectivity index (χ1v) is 21.0. The summed E-state index contributed by atoms with van der Waals surface area (Å²) in [4.78, 5) is 63.7. The van der Waals surface area contributed by atoms with Crippen molar-refractivity contribution in [3.05, 3.63) is 69.8 Å². The summed E-state index contributed by atoms with van der Waals surface area (Å²) < 4.78 is 24.0. The first-order valence-electron chi connectivity index (χ1n) is 21.0. The Labute approximate surface area is 349 Å². The zero-order chi connectivity index (χ0) is 43.3. The van der Waals surface area contributed by atoms with E-state index in [-0.39, 0.29) is 62.6 Å². The lowest BCUT2D eigenvalue weighted by Crippen LogP contribution is -2.54. The third-order valence-corrected chi connectivity index (χ3v) is 14.3. The summed E-state index contributed by atoms with van der Waals surface area (Å²) in [5.74, 6) is -6.49. The van der Waals surface area contributed by atoms with Crippen molar-refractivity contribution in [1.29, 1.82) is 0 Å². The Hall–Kier alpha value is -4.83. The zero-order valence-corrected chi connectivity index (χ0v) is 35.6. The molecular weight excluding hydrogens is 773 g/mol. The predicted octanol–water partition coefficient (Wildman–Crippen LogP) is 3.59. The van der Waals surface area contributed by atoms with E-state index >= 15 is 0 Å². The number of aliphatic hydroxyl groups is 2. The smallest absolute Gasteiger partial charge is 0.312 e. The number of nitrogens with zero attached hydrogens (tertiary/aromatic N) is 2. The Morgan fingerprint density at radius 2 is 1.70 bits per heavy atom. The number of Topliss-reactive ketones (excluding diaryl/α,β-unsaturated/α-hetero) is 2. The summed E-state index contributed by atoms with van der Waals surface area (Å²) in [5.41, 5.74) is 0.0363. The van der Waals surface area contributed by atoms with E-state index in [2.05, 4.69) is 15.5 Å². The van der Waals surface area contributed by atoms with Crippen LogP contribution in [0.5, 0.6) is 11.5 Å². The van der Waals surface area contributed by atoms with Crippen molar-refractivity contribution >= 4 is 29.2 Å². The second-order valence-electron chi connectivity index (χ2n) is 18.1. The highest BCUT2D eigenvalue weighted by atomic mass is 16.7. The van der Waals surface area contributed by atoms with Crippen molar-refractivity contribution in [3.63, 3.8) is 0 Å². The number of methoxy groups -OCH3 is 1. The Bertz CT molecular complexity index is 2210. The number of amides is 1. The number of benzene rings is 1. The molecule has 6 aliphatic heterocycles. The number of esters is 1. The number of aromatic hydroxyl groups is 1. The fourth-order valence-corrected chi connectivity index (χ4v) is 10.9. The van der Waals surface area contributed by atoms with Crippen molar-refractivity contribution in [2.45, 2.75) is 110 Å². The largest absolute Gasteiger partial charge is 0.507 e. The third-order valence-electron chi connectivity index (χ3n) is 14.3. The zero-order valence-electron chi connectivity index (χ0n) is 35.6. The van der Waals surface area contributed by atoms with Crippen LogP contribution in [0.2, 0.25) is 0 Å². The lowest BCUT2D eigenvalue weighted by molar-refractivity contribution is -0.160. The highest BCUT2D eigenvalue weighted by Crippen LogP contribution is 2.56. The summed E-state index contributed by atoms with van der Waals surface area (Å²) in [6.45, 7) is 14.7. The molecule has 0 aromatic heterocycles. The van der Waals surface area contributed by atoms with E-state index in [0.717, 1.165) is 25.9 Å². The van der Waals surface area contributed by atoms with Crippen molar-refractivity contribution < 1.29 is 53.4 Å². The molecule has 1 spiro atoms. The van der Waals surface area contributed by atoms with Gasteiger partial charge in [0.2, 0.25) is 5.78 Å². The van der Waals surface area contributed by atoms with E-state index in [1.807, 2.05) is 0 Å². The molecule has 4 fully saturated rings. The molecular formula is C45H56N4O11. The molecule has 14 atom stereocenters. The van der Waals surface area contributed by atoms with Gasteiger partial charge in [0.25, 0.3) is 11.7 Å². The van der Waals surface area contributed by atoms with E-state index in [1.165, 1.54) is 27.2 Å². The molecule has 9 bridgehead atoms. The van der Waals surface area contributed by atoms with Gasteiger partial charge in [0.15, 0.2) is 0 Å². The van der Waals surface area contributed by atoms with Crippen LogP contribution in [0.25, 0.3) is 0 Å². The number of rotatable bonds is 2. The number of phenols is 1. The lowest BCUT2D eigenvalue weighted by Gasteiger charge is -2.38. The quantitative estimate of drug-likeness (QED) is 0.271. The van der Waals surface area contributed by atoms with Gasteiger partial charge in [-0.2, -0.15) is 0 Å². The number of nitrogens with one attached hydrogen (secondary N) is 2. The van der Waals surface area contributed by atoms with Crippen LogP contribution in [-0.2, 0) is 23.8 Å². The van der Waals surface area contributed by atoms with E-state index in [1.54, 1.807) is 65.8 Å². The van der Waals surface area contributed by atoms with Crippen molar-refractivity contribution in [1.82, 2.24) is 15.5 Å². The van der Waals surface area contributed by atoms with Gasteiger partial charge in [-0.15, -0.1) is 0 Å². The molecule has 9 rings (SSSR count). The number of aliphatic hydroxyl groups excluding tert-OH is 2. The number of carbonyl (C=O) groups is 4. The van der Waals surface area contributed by atoms with Crippen molar-refractivity contribution in [2.24, 2.45) is 40.5 Å². The van der Waals surface area contributed by atoms with E-state index in [9.17, 15) is 34.5 Å². The van der Waals surface area contributed by atoms with Gasteiger partial charge in [-0.3, -0.25) is 29.1 Å². The average molecular weight is 829 g/mol. The fourth-order valence-electron chi connectivity index (χ4n) is 10.9. The van der Waals surface area contributed by atoms with E-state index in [4.69, 9.17) is 23.9 Å². The number of hydrogen-bond donors (Lipinski definition) is 5. The predicted molar refractivity (Wildman–Crippen MR) is 218 cm³/mol. The maximum Gasteiger partial charge on any atom is 0.312 e. The molecule has 322 valence electrons. The third kappa shape index (κ3) is 6.33. The molecule has 1 aromatic carbocycles. The minimum absolute atomic E-state index is 0.0312. The molecule has 0 radical (unpaired) electrons. The molecule has 8 aliphatic rings. The number of ether oxygens (including phenoxy) is 4. The molecule has 4 unspecified atom stereocenters. The van der Waals surface area contributed by atoms with Crippen LogP contribution in [0, 0.1) is 42.4 Å². The minimum Gasteiger partial charge on any atom is -0.507 e. The van der Waals surface area contributed by atoms with Crippen LogP contribution in [0.3, 0.4) is 0 Å². The number of aliphatic imine (C=N–C) groups is 1. The molecule has 6 heterocycles. The van der Waals surface area contributed by atoms with Crippen LogP contribution in [0.1, 0.15) is 93.2 Å². The summed E-state index contributed by atoms with van der Waals surface area (Å²) >= 11 is 0. The monoisotopic (exact) mass is 828 g/mol. The Morgan fingerprint density at radius 1 is 0.967 bits per heavy atom. The number of carbonyl (C=O) groups excluding carboxylic acids is 4. The van der Waals surface area contributed by atoms with Gasteiger partial charge >= 0.3 is 11.8 Å². The number of phenolic OH excluding ortho intramolecular Hbond substituents is 1. The topological polar surface area (TPSA) is 206 Å². The minimum atomic E-state index is -1.96. The molecule has 15 nitrogen and oxygen atoms in total. The average Bonchev–Trinajstić information content (AvgIpc) is 3.89. The molecule has 60 heavy (non-hydrogen) atoms. The summed E-state index contributed by atoms with van der Waals surface area (Å²) in [5, 5.41) is 41.3. The van der Waals surface area contributed by atoms with Crippen LogP contribution >= 0.6 is 0 Å². The van der Waals surface area contributed by atoms with Gasteiger partial charge in [0.05, 0.1) is 53.2 Å². The number of hydrogen-bond acceptors (Lipinski definition) is 14. The molecule has 3 saturated heterocycles. The Morgan fingerprint density at radius 3 is 2.38 bits per heavy atom. The van der Waals surface area contributed by atoms with E-state index in [0.29, 0.717) is 5.92 Å². The second-order valence-corrected chi connectivity index (χ2v) is 18.1. The van der Waals surface area contributed by atoms with Gasteiger partial charge in [0, 0.05) is 80.3 Å². The van der Waals surface area contributed by atoms with Gasteiger partial charge in [-0.25, -0.2) is 0 Å². The molecule has 1 amide bonds. The number of ketones is 2. The second kappa shape index (κ2) is 15.0. The molecule has 15 heteroatoms. The van der Waals surface area contributed by atoms with Crippen LogP contribution in [-0.4, -0.2) is 111 Å². The van der Waals surface area contributed by atoms with Crippen LogP contribution in [0.15, 0.2) is 52.5 Å². The van der Waals surface area contributed by atoms with Gasteiger partial charge in [0.1, 0.15) is 29.0 Å². The van der Waals surface area contributed by atoms with E-state index < -0.39 is 88.7 Å². The lowest BCUT2D eigenvalue weighted by atomic mass is 9.75. The highest BCUT2D eigenvalue weighted by Gasteiger charge is 2.65. The van der Waals surface area contributed by atoms with Crippen molar-refractivity contribution in [3.8, 4) is 11.5 Å². The summed E-state index contributed by atoms with van der Waals surface area (Å²) in [6, 6.07) is 0.0312.